The monoisotopic (exact) mass is 371 g/mol. The molecule has 13 heavy (non-hydrogen) atoms. The first-order valence-electron chi connectivity index (χ1n) is 3.23. The van der Waals surface area contributed by atoms with Crippen LogP contribution in [-0.2, 0) is 2.14 Å². The maximum absolute atomic E-state index is 10.4. The molecule has 0 spiro atoms. The van der Waals surface area contributed by atoms with Crippen molar-refractivity contribution in [2.45, 2.75) is 2.14 Å². The van der Waals surface area contributed by atoms with E-state index in [0.717, 1.165) is 5.56 Å². The highest BCUT2D eigenvalue weighted by atomic mass is 80.0. The van der Waals surface area contributed by atoms with E-state index in [-0.39, 0.29) is 5.69 Å². The van der Waals surface area contributed by atoms with Gasteiger partial charge in [-0.25, -0.2) is 0 Å². The van der Waals surface area contributed by atoms with Gasteiger partial charge in [-0.05, 0) is 5.56 Å². The van der Waals surface area contributed by atoms with Crippen molar-refractivity contribution in [3.05, 3.63) is 39.9 Å². The quantitative estimate of drug-likeness (QED) is 0.426. The standard InChI is InChI=1S/C7H4Br3NO2/c8-7(9,10)5-2-1-3-6(4-5)11(12)13/h1-4H. The predicted molar refractivity (Wildman–Crippen MR) is 61.6 cm³/mol. The highest BCUT2D eigenvalue weighted by Gasteiger charge is 2.22. The van der Waals surface area contributed by atoms with Gasteiger partial charge in [-0.1, -0.05) is 59.9 Å². The third-order valence-electron chi connectivity index (χ3n) is 1.38. The summed E-state index contributed by atoms with van der Waals surface area (Å²) in [4.78, 5) is 10.0. The largest absolute Gasteiger partial charge is 0.269 e. The Morgan fingerprint density at radius 1 is 1.31 bits per heavy atom. The van der Waals surface area contributed by atoms with Crippen molar-refractivity contribution >= 4 is 53.5 Å². The SMILES string of the molecule is O=[N+]([O-])c1cccc(C(Br)(Br)Br)c1. The molecule has 0 heterocycles. The summed E-state index contributed by atoms with van der Waals surface area (Å²) in [5.41, 5.74) is 0.807. The van der Waals surface area contributed by atoms with Crippen LogP contribution in [-0.4, -0.2) is 4.92 Å². The van der Waals surface area contributed by atoms with Crippen molar-refractivity contribution in [2.75, 3.05) is 0 Å². The van der Waals surface area contributed by atoms with Crippen molar-refractivity contribution in [1.29, 1.82) is 0 Å². The number of nitro benzene ring substituents is 1. The molecule has 0 N–H and O–H groups in total. The van der Waals surface area contributed by atoms with Crippen LogP contribution in [0.15, 0.2) is 24.3 Å². The summed E-state index contributed by atoms with van der Waals surface area (Å²) in [6.07, 6.45) is 0. The lowest BCUT2D eigenvalue weighted by Crippen LogP contribution is -1.98. The Labute approximate surface area is 100 Å². The summed E-state index contributed by atoms with van der Waals surface area (Å²) in [7, 11) is 0. The average molecular weight is 374 g/mol. The van der Waals surface area contributed by atoms with Crippen LogP contribution in [0.2, 0.25) is 0 Å². The van der Waals surface area contributed by atoms with E-state index in [2.05, 4.69) is 47.8 Å². The molecule has 0 atom stereocenters. The fourth-order valence-electron chi connectivity index (χ4n) is 0.796. The van der Waals surface area contributed by atoms with E-state index in [4.69, 9.17) is 0 Å². The predicted octanol–water partition coefficient (Wildman–Crippen LogP) is 3.89. The number of non-ortho nitro benzene ring substituents is 1. The second kappa shape index (κ2) is 4.06. The van der Waals surface area contributed by atoms with Crippen LogP contribution in [0.3, 0.4) is 0 Å². The van der Waals surface area contributed by atoms with Crippen molar-refractivity contribution < 1.29 is 4.92 Å². The molecule has 0 amide bonds. The number of alkyl halides is 3. The van der Waals surface area contributed by atoms with E-state index >= 15 is 0 Å². The maximum atomic E-state index is 10.4. The zero-order valence-electron chi connectivity index (χ0n) is 6.21. The summed E-state index contributed by atoms with van der Waals surface area (Å²) in [6, 6.07) is 6.33. The molecule has 0 unspecified atom stereocenters. The van der Waals surface area contributed by atoms with Gasteiger partial charge in [0.25, 0.3) is 5.69 Å². The first-order valence-corrected chi connectivity index (χ1v) is 5.61. The number of benzene rings is 1. The van der Waals surface area contributed by atoms with Gasteiger partial charge in [-0.3, -0.25) is 10.1 Å². The summed E-state index contributed by atoms with van der Waals surface area (Å²) in [6.45, 7) is 0. The van der Waals surface area contributed by atoms with Gasteiger partial charge >= 0.3 is 0 Å². The van der Waals surface area contributed by atoms with Crippen LogP contribution in [0.4, 0.5) is 5.69 Å². The zero-order valence-corrected chi connectivity index (χ0v) is 11.0. The minimum atomic E-state index is -0.598. The number of rotatable bonds is 1. The van der Waals surface area contributed by atoms with Crippen LogP contribution >= 0.6 is 47.8 Å². The molecule has 1 aromatic rings. The molecule has 0 saturated carbocycles. The van der Waals surface area contributed by atoms with Gasteiger partial charge < -0.3 is 0 Å². The third kappa shape index (κ3) is 3.03. The van der Waals surface area contributed by atoms with Gasteiger partial charge in [0.05, 0.1) is 4.92 Å². The molecule has 0 bridgehead atoms. The van der Waals surface area contributed by atoms with Crippen molar-refractivity contribution in [3.8, 4) is 0 Å². The molecule has 1 aromatic carbocycles. The average Bonchev–Trinajstić information content (AvgIpc) is 2.03. The lowest BCUT2D eigenvalue weighted by atomic mass is 10.2. The Bertz CT molecular complexity index is 335. The molecule has 3 nitrogen and oxygen atoms in total. The van der Waals surface area contributed by atoms with E-state index in [9.17, 15) is 10.1 Å². The Morgan fingerprint density at radius 3 is 2.38 bits per heavy atom. The number of hydrogen-bond acceptors (Lipinski definition) is 2. The molecule has 70 valence electrons. The van der Waals surface area contributed by atoms with E-state index in [0.29, 0.717) is 0 Å². The van der Waals surface area contributed by atoms with E-state index in [1.54, 1.807) is 12.1 Å². The van der Waals surface area contributed by atoms with Crippen LogP contribution in [0.5, 0.6) is 0 Å². The van der Waals surface area contributed by atoms with Crippen molar-refractivity contribution in [2.24, 2.45) is 0 Å². The number of hydrogen-bond donors (Lipinski definition) is 0. The normalized spacial score (nSPS) is 11.3. The van der Waals surface area contributed by atoms with Crippen LogP contribution in [0, 0.1) is 10.1 Å². The summed E-state index contributed by atoms with van der Waals surface area (Å²) >= 11 is 9.84. The Hall–Kier alpha value is 0.0600. The minimum absolute atomic E-state index is 0.0697. The summed E-state index contributed by atoms with van der Waals surface area (Å²) in [5, 5.41) is 10.4. The van der Waals surface area contributed by atoms with Gasteiger partial charge in [0, 0.05) is 12.1 Å². The molecule has 0 aliphatic heterocycles. The first kappa shape index (κ1) is 11.1. The van der Waals surface area contributed by atoms with E-state index < -0.39 is 7.07 Å². The maximum Gasteiger partial charge on any atom is 0.269 e. The lowest BCUT2D eigenvalue weighted by Gasteiger charge is -2.11. The Balaban J connectivity index is 3.13. The summed E-state index contributed by atoms with van der Waals surface area (Å²) in [5.74, 6) is 0. The van der Waals surface area contributed by atoms with E-state index in [1.807, 2.05) is 0 Å². The molecule has 0 saturated heterocycles. The van der Waals surface area contributed by atoms with Crippen LogP contribution in [0.1, 0.15) is 5.56 Å². The second-order valence-electron chi connectivity index (χ2n) is 2.31. The molecule has 0 aliphatic carbocycles. The minimum Gasteiger partial charge on any atom is -0.258 e. The molecule has 0 aliphatic rings. The highest BCUT2D eigenvalue weighted by molar-refractivity contribution is 9.38. The first-order chi connectivity index (χ1) is 5.91. The fourth-order valence-corrected chi connectivity index (χ4v) is 1.54. The second-order valence-corrected chi connectivity index (χ2v) is 9.07. The molecule has 0 aromatic heterocycles. The topological polar surface area (TPSA) is 43.1 Å². The van der Waals surface area contributed by atoms with Gasteiger partial charge in [0.2, 0.25) is 0 Å². The number of nitro groups is 1. The van der Waals surface area contributed by atoms with Gasteiger partial charge in [-0.2, -0.15) is 0 Å². The molecule has 0 radical (unpaired) electrons. The third-order valence-corrected chi connectivity index (χ3v) is 2.76. The molecular formula is C7H4Br3NO2. The van der Waals surface area contributed by atoms with Crippen molar-refractivity contribution in [3.63, 3.8) is 0 Å². The number of nitrogens with zero attached hydrogens (tertiary/aromatic N) is 1. The number of halogens is 3. The summed E-state index contributed by atoms with van der Waals surface area (Å²) < 4.78 is -0.598. The smallest absolute Gasteiger partial charge is 0.258 e. The molecule has 6 heteroatoms. The van der Waals surface area contributed by atoms with Gasteiger partial charge in [-0.15, -0.1) is 0 Å². The zero-order chi connectivity index (χ0) is 10.1. The van der Waals surface area contributed by atoms with Crippen LogP contribution in [0.25, 0.3) is 0 Å². The Kier molecular flexibility index (Phi) is 3.48. The molecule has 1 rings (SSSR count). The highest BCUT2D eigenvalue weighted by Crippen LogP contribution is 2.44. The Morgan fingerprint density at radius 2 is 1.92 bits per heavy atom. The van der Waals surface area contributed by atoms with Gasteiger partial charge in [0.1, 0.15) is 0 Å². The molecular weight excluding hydrogens is 370 g/mol. The fraction of sp³-hybridized carbons (Fsp3) is 0.143. The van der Waals surface area contributed by atoms with Crippen molar-refractivity contribution in [1.82, 2.24) is 0 Å². The van der Waals surface area contributed by atoms with Gasteiger partial charge in [0.15, 0.2) is 2.14 Å². The van der Waals surface area contributed by atoms with Crippen LogP contribution < -0.4 is 0 Å². The van der Waals surface area contributed by atoms with E-state index in [1.165, 1.54) is 12.1 Å². The molecule has 0 fully saturated rings. The lowest BCUT2D eigenvalue weighted by molar-refractivity contribution is -0.384.